The molecule has 6 heteroatoms. The molecule has 1 aliphatic rings. The van der Waals surface area contributed by atoms with E-state index in [-0.39, 0.29) is 0 Å². The van der Waals surface area contributed by atoms with Crippen molar-refractivity contribution >= 4 is 16.9 Å². The molecule has 0 amide bonds. The first-order chi connectivity index (χ1) is 10.1. The van der Waals surface area contributed by atoms with Crippen LogP contribution < -0.4 is 10.4 Å². The number of hydrogen-bond acceptors (Lipinski definition) is 5. The maximum Gasteiger partial charge on any atom is 0.341 e. The lowest BCUT2D eigenvalue weighted by Crippen LogP contribution is -2.09. The van der Waals surface area contributed by atoms with Crippen molar-refractivity contribution in [2.24, 2.45) is 0 Å². The van der Waals surface area contributed by atoms with Crippen LogP contribution in [0.5, 0.6) is 5.75 Å². The van der Waals surface area contributed by atoms with Crippen molar-refractivity contribution in [3.8, 4) is 5.75 Å². The Kier molecular flexibility index (Phi) is 5.34. The van der Waals surface area contributed by atoms with Crippen LogP contribution in [0.2, 0.25) is 0 Å². The Hall–Kier alpha value is -2.34. The molecule has 0 bridgehead atoms. The molecule has 1 aliphatic heterocycles. The Labute approximate surface area is 120 Å². The van der Waals surface area contributed by atoms with Gasteiger partial charge < -0.3 is 19.0 Å². The molecule has 1 fully saturated rings. The van der Waals surface area contributed by atoms with Crippen molar-refractivity contribution in [3.05, 3.63) is 40.8 Å². The number of aliphatic carboxylic acids is 1. The van der Waals surface area contributed by atoms with Gasteiger partial charge in [0.2, 0.25) is 0 Å². The molecule has 0 spiro atoms. The van der Waals surface area contributed by atoms with E-state index in [1.54, 1.807) is 18.2 Å². The van der Waals surface area contributed by atoms with E-state index in [1.165, 1.54) is 25.0 Å². The molecule has 3 rings (SSSR count). The third-order valence-corrected chi connectivity index (χ3v) is 2.78. The zero-order valence-electron chi connectivity index (χ0n) is 11.4. The molecule has 0 radical (unpaired) electrons. The van der Waals surface area contributed by atoms with Crippen LogP contribution in [-0.4, -0.2) is 30.9 Å². The largest absolute Gasteiger partial charge is 0.482 e. The van der Waals surface area contributed by atoms with Crippen molar-refractivity contribution in [1.29, 1.82) is 0 Å². The Morgan fingerprint density at radius 1 is 1.19 bits per heavy atom. The fraction of sp³-hybridized carbons (Fsp3) is 0.333. The summed E-state index contributed by atoms with van der Waals surface area (Å²) in [4.78, 5) is 21.3. The van der Waals surface area contributed by atoms with Gasteiger partial charge in [0.25, 0.3) is 0 Å². The van der Waals surface area contributed by atoms with Gasteiger partial charge >= 0.3 is 11.6 Å². The standard InChI is InChI=1S/C11H8O5.C4H8O/c12-10(13)6-15-8-3-1-7-2-4-11(14)16-9(7)5-8;1-2-4-5-3-1/h1-5H,6H2,(H,12,13);1-4H2. The topological polar surface area (TPSA) is 86.0 Å². The van der Waals surface area contributed by atoms with E-state index in [4.69, 9.17) is 19.0 Å². The second-order valence-electron chi connectivity index (χ2n) is 4.46. The van der Waals surface area contributed by atoms with E-state index in [0.717, 1.165) is 18.6 Å². The number of carbonyl (C=O) groups is 1. The van der Waals surface area contributed by atoms with Gasteiger partial charge in [0, 0.05) is 30.7 Å². The van der Waals surface area contributed by atoms with Gasteiger partial charge in [0.15, 0.2) is 6.61 Å². The third-order valence-electron chi connectivity index (χ3n) is 2.78. The number of fused-ring (bicyclic) bond motifs is 1. The van der Waals surface area contributed by atoms with Crippen molar-refractivity contribution < 1.29 is 23.8 Å². The minimum Gasteiger partial charge on any atom is -0.482 e. The Balaban J connectivity index is 0.000000272. The van der Waals surface area contributed by atoms with E-state index in [2.05, 4.69) is 0 Å². The second kappa shape index (κ2) is 7.44. The molecule has 2 heterocycles. The summed E-state index contributed by atoms with van der Waals surface area (Å²) in [5.41, 5.74) is -0.0849. The van der Waals surface area contributed by atoms with Crippen LogP contribution >= 0.6 is 0 Å². The Bertz CT molecular complexity index is 649. The molecule has 0 atom stereocenters. The molecular weight excluding hydrogens is 276 g/mol. The smallest absolute Gasteiger partial charge is 0.341 e. The molecule has 0 saturated carbocycles. The minimum atomic E-state index is -1.06. The zero-order chi connectivity index (χ0) is 15.1. The minimum absolute atomic E-state index is 0.351. The van der Waals surface area contributed by atoms with Crippen LogP contribution in [0.4, 0.5) is 0 Å². The van der Waals surface area contributed by atoms with Crippen molar-refractivity contribution in [3.63, 3.8) is 0 Å². The molecule has 1 saturated heterocycles. The van der Waals surface area contributed by atoms with E-state index >= 15 is 0 Å². The number of benzene rings is 1. The molecule has 6 nitrogen and oxygen atoms in total. The normalized spacial score (nSPS) is 13.5. The van der Waals surface area contributed by atoms with Crippen LogP contribution in [0.1, 0.15) is 12.8 Å². The van der Waals surface area contributed by atoms with Gasteiger partial charge in [-0.1, -0.05) is 0 Å². The van der Waals surface area contributed by atoms with Crippen molar-refractivity contribution in [1.82, 2.24) is 0 Å². The summed E-state index contributed by atoms with van der Waals surface area (Å²) in [6.45, 7) is 1.57. The number of rotatable bonds is 3. The molecule has 0 aliphatic carbocycles. The fourth-order valence-corrected chi connectivity index (χ4v) is 1.79. The molecule has 1 aromatic heterocycles. The maximum atomic E-state index is 11.0. The monoisotopic (exact) mass is 292 g/mol. The van der Waals surface area contributed by atoms with Gasteiger partial charge in [-0.2, -0.15) is 0 Å². The van der Waals surface area contributed by atoms with Gasteiger partial charge in [0.05, 0.1) is 0 Å². The summed E-state index contributed by atoms with van der Waals surface area (Å²) < 4.78 is 14.8. The SMILES string of the molecule is C1CCOC1.O=C(O)COc1ccc2ccc(=O)oc2c1. The van der Waals surface area contributed by atoms with E-state index < -0.39 is 18.2 Å². The lowest BCUT2D eigenvalue weighted by molar-refractivity contribution is -0.139. The second-order valence-corrected chi connectivity index (χ2v) is 4.46. The predicted molar refractivity (Wildman–Crippen MR) is 75.7 cm³/mol. The molecular formula is C15H16O6. The van der Waals surface area contributed by atoms with Gasteiger partial charge in [-0.3, -0.25) is 0 Å². The predicted octanol–water partition coefficient (Wildman–Crippen LogP) is 2.05. The molecule has 112 valence electrons. The summed E-state index contributed by atoms with van der Waals surface area (Å²) in [6.07, 6.45) is 2.56. The molecule has 2 aromatic rings. The third kappa shape index (κ3) is 4.92. The van der Waals surface area contributed by atoms with Crippen molar-refractivity contribution in [2.45, 2.75) is 12.8 Å². The number of carboxylic acids is 1. The Morgan fingerprint density at radius 2 is 1.90 bits per heavy atom. The quantitative estimate of drug-likeness (QED) is 0.871. The zero-order valence-corrected chi connectivity index (χ0v) is 11.4. The van der Waals surface area contributed by atoms with Crippen molar-refractivity contribution in [2.75, 3.05) is 19.8 Å². The van der Waals surface area contributed by atoms with Crippen LogP contribution in [-0.2, 0) is 9.53 Å². The van der Waals surface area contributed by atoms with Gasteiger partial charge in [-0.05, 0) is 31.0 Å². The van der Waals surface area contributed by atoms with Gasteiger partial charge in [0.1, 0.15) is 11.3 Å². The molecule has 0 unspecified atom stereocenters. The van der Waals surface area contributed by atoms with Crippen LogP contribution in [0.25, 0.3) is 11.0 Å². The first-order valence-corrected chi connectivity index (χ1v) is 6.61. The molecule has 1 aromatic carbocycles. The van der Waals surface area contributed by atoms with Crippen LogP contribution in [0, 0.1) is 0 Å². The summed E-state index contributed by atoms with van der Waals surface area (Å²) >= 11 is 0. The highest BCUT2D eigenvalue weighted by atomic mass is 16.5. The Morgan fingerprint density at radius 3 is 2.52 bits per heavy atom. The number of carboxylic acid groups (broad SMARTS) is 1. The summed E-state index contributed by atoms with van der Waals surface area (Å²) in [7, 11) is 0. The lowest BCUT2D eigenvalue weighted by Gasteiger charge is -2.03. The lowest BCUT2D eigenvalue weighted by atomic mass is 10.2. The first kappa shape index (κ1) is 15.1. The number of hydrogen-bond donors (Lipinski definition) is 1. The van der Waals surface area contributed by atoms with Gasteiger partial charge in [-0.25, -0.2) is 9.59 Å². The maximum absolute atomic E-state index is 11.0. The highest BCUT2D eigenvalue weighted by Crippen LogP contribution is 2.19. The van der Waals surface area contributed by atoms with Gasteiger partial charge in [-0.15, -0.1) is 0 Å². The summed E-state index contributed by atoms with van der Waals surface area (Å²) in [5, 5.41) is 9.19. The summed E-state index contributed by atoms with van der Waals surface area (Å²) in [6, 6.07) is 7.74. The fourth-order valence-electron chi connectivity index (χ4n) is 1.79. The van der Waals surface area contributed by atoms with E-state index in [1.807, 2.05) is 0 Å². The number of ether oxygens (including phenoxy) is 2. The molecule has 21 heavy (non-hydrogen) atoms. The molecule has 1 N–H and O–H groups in total. The summed E-state index contributed by atoms with van der Waals surface area (Å²) in [5.74, 6) is -0.709. The highest BCUT2D eigenvalue weighted by molar-refractivity contribution is 5.78. The average Bonchev–Trinajstić information content (AvgIpc) is 3.04. The average molecular weight is 292 g/mol. The van der Waals surface area contributed by atoms with Crippen LogP contribution in [0.15, 0.2) is 39.5 Å². The van der Waals surface area contributed by atoms with E-state index in [9.17, 15) is 9.59 Å². The first-order valence-electron chi connectivity index (χ1n) is 6.61. The van der Waals surface area contributed by atoms with Crippen LogP contribution in [0.3, 0.4) is 0 Å². The van der Waals surface area contributed by atoms with E-state index in [0.29, 0.717) is 11.3 Å². The highest BCUT2D eigenvalue weighted by Gasteiger charge is 2.02.